The van der Waals surface area contributed by atoms with Gasteiger partial charge in [0.25, 0.3) is 0 Å². The molecule has 0 aliphatic carbocycles. The highest BCUT2D eigenvalue weighted by molar-refractivity contribution is 7.92. The van der Waals surface area contributed by atoms with Gasteiger partial charge in [0.2, 0.25) is 5.91 Å². The number of thiazole rings is 1. The van der Waals surface area contributed by atoms with Crippen LogP contribution in [-0.2, 0) is 27.6 Å². The molecule has 0 unspecified atom stereocenters. The predicted octanol–water partition coefficient (Wildman–Crippen LogP) is 5.39. The van der Waals surface area contributed by atoms with Crippen molar-refractivity contribution in [2.24, 2.45) is 0 Å². The van der Waals surface area contributed by atoms with Crippen LogP contribution >= 0.6 is 11.3 Å². The third kappa shape index (κ3) is 5.12. The Bertz CT molecular complexity index is 1380. The first-order chi connectivity index (χ1) is 15.7. The second-order valence-electron chi connectivity index (χ2n) is 7.99. The summed E-state index contributed by atoms with van der Waals surface area (Å²) < 4.78 is 39.1. The molecule has 0 N–H and O–H groups in total. The van der Waals surface area contributed by atoms with Gasteiger partial charge in [0.1, 0.15) is 5.82 Å². The monoisotopic (exact) mass is 482 g/mol. The van der Waals surface area contributed by atoms with Crippen LogP contribution < -0.4 is 4.90 Å². The number of anilines is 1. The average Bonchev–Trinajstić information content (AvgIpc) is 3.21. The summed E-state index contributed by atoms with van der Waals surface area (Å²) in [5.74, 6) is -0.534. The zero-order chi connectivity index (χ0) is 23.6. The van der Waals surface area contributed by atoms with E-state index in [1.807, 2.05) is 30.3 Å². The fraction of sp³-hybridized carbons (Fsp3) is 0.200. The van der Waals surface area contributed by atoms with Gasteiger partial charge >= 0.3 is 0 Å². The van der Waals surface area contributed by atoms with Crippen LogP contribution in [0, 0.1) is 5.82 Å². The molecule has 0 spiro atoms. The van der Waals surface area contributed by atoms with E-state index in [9.17, 15) is 17.6 Å². The zero-order valence-electron chi connectivity index (χ0n) is 18.2. The molecule has 3 aromatic carbocycles. The largest absolute Gasteiger partial charge is 0.283 e. The summed E-state index contributed by atoms with van der Waals surface area (Å²) in [4.78, 5) is 19.7. The highest BCUT2D eigenvalue weighted by Gasteiger charge is 2.22. The molecule has 4 aromatic rings. The maximum absolute atomic E-state index is 13.7. The van der Waals surface area contributed by atoms with Gasteiger partial charge in [-0.1, -0.05) is 53.8 Å². The van der Waals surface area contributed by atoms with Crippen molar-refractivity contribution in [3.8, 4) is 0 Å². The van der Waals surface area contributed by atoms with E-state index >= 15 is 0 Å². The number of aromatic nitrogens is 1. The second-order valence-corrected chi connectivity index (χ2v) is 11.5. The second kappa shape index (κ2) is 9.41. The lowest BCUT2D eigenvalue weighted by Gasteiger charge is -2.20. The molecule has 33 heavy (non-hydrogen) atoms. The number of carbonyl (C=O) groups excluding carboxylic acids is 1. The van der Waals surface area contributed by atoms with Crippen molar-refractivity contribution in [2.75, 3.05) is 4.90 Å². The number of hydrogen-bond donors (Lipinski definition) is 0. The van der Waals surface area contributed by atoms with E-state index in [0.29, 0.717) is 27.5 Å². The van der Waals surface area contributed by atoms with Gasteiger partial charge in [-0.15, -0.1) is 0 Å². The summed E-state index contributed by atoms with van der Waals surface area (Å²) in [6.07, 6.45) is 0.0825. The van der Waals surface area contributed by atoms with Crippen LogP contribution in [0.3, 0.4) is 0 Å². The molecule has 0 aliphatic rings. The SMILES string of the molecule is CC(C)S(=O)(=O)c1ccc(CC(=O)N(Cc2ccccc2)c2nc3ccc(F)cc3s2)cc1. The lowest BCUT2D eigenvalue weighted by atomic mass is 10.1. The number of hydrogen-bond acceptors (Lipinski definition) is 5. The summed E-state index contributed by atoms with van der Waals surface area (Å²) in [5.41, 5.74) is 2.27. The molecule has 5 nitrogen and oxygen atoms in total. The third-order valence-corrected chi connectivity index (χ3v) is 8.49. The van der Waals surface area contributed by atoms with Crippen LogP contribution in [0.15, 0.2) is 77.7 Å². The van der Waals surface area contributed by atoms with Crippen molar-refractivity contribution >= 4 is 42.4 Å². The van der Waals surface area contributed by atoms with E-state index in [1.54, 1.807) is 49.1 Å². The quantitative estimate of drug-likeness (QED) is 0.354. The van der Waals surface area contributed by atoms with Crippen molar-refractivity contribution < 1.29 is 17.6 Å². The number of fused-ring (bicyclic) bond motifs is 1. The molecule has 0 saturated carbocycles. The highest BCUT2D eigenvalue weighted by Crippen LogP contribution is 2.31. The summed E-state index contributed by atoms with van der Waals surface area (Å²) in [6.45, 7) is 3.60. The summed E-state index contributed by atoms with van der Waals surface area (Å²) in [5, 5.41) is -0.0290. The molecule has 0 bridgehead atoms. The van der Waals surface area contributed by atoms with Crippen molar-refractivity contribution in [3.63, 3.8) is 0 Å². The van der Waals surface area contributed by atoms with E-state index in [1.165, 1.54) is 23.5 Å². The van der Waals surface area contributed by atoms with Gasteiger partial charge in [-0.05, 0) is 55.3 Å². The summed E-state index contributed by atoms with van der Waals surface area (Å²) >= 11 is 1.26. The number of nitrogens with zero attached hydrogens (tertiary/aromatic N) is 2. The van der Waals surface area contributed by atoms with Gasteiger partial charge < -0.3 is 0 Å². The lowest BCUT2D eigenvalue weighted by Crippen LogP contribution is -2.31. The zero-order valence-corrected chi connectivity index (χ0v) is 19.9. The van der Waals surface area contributed by atoms with E-state index in [4.69, 9.17) is 0 Å². The number of carbonyl (C=O) groups is 1. The molecule has 0 saturated heterocycles. The Labute approximate surface area is 196 Å². The Hall–Kier alpha value is -3.10. The van der Waals surface area contributed by atoms with Crippen LogP contribution in [-0.4, -0.2) is 24.6 Å². The summed E-state index contributed by atoms with van der Waals surface area (Å²) in [6, 6.07) is 20.4. The van der Waals surface area contributed by atoms with Crippen molar-refractivity contribution in [1.29, 1.82) is 0 Å². The molecular weight excluding hydrogens is 459 g/mol. The maximum atomic E-state index is 13.7. The molecule has 0 aliphatic heterocycles. The Morgan fingerprint density at radius 3 is 2.36 bits per heavy atom. The van der Waals surface area contributed by atoms with Crippen LogP contribution in [0.25, 0.3) is 10.2 Å². The Balaban J connectivity index is 1.63. The van der Waals surface area contributed by atoms with Crippen molar-refractivity contribution in [3.05, 3.63) is 89.7 Å². The van der Waals surface area contributed by atoms with Gasteiger partial charge in [-0.25, -0.2) is 17.8 Å². The Morgan fingerprint density at radius 1 is 1.00 bits per heavy atom. The minimum absolute atomic E-state index is 0.0825. The minimum Gasteiger partial charge on any atom is -0.283 e. The van der Waals surface area contributed by atoms with E-state index in [-0.39, 0.29) is 23.0 Å². The molecule has 8 heteroatoms. The number of halogens is 1. The van der Waals surface area contributed by atoms with Crippen LogP contribution in [0.2, 0.25) is 0 Å². The van der Waals surface area contributed by atoms with Crippen LogP contribution in [0.5, 0.6) is 0 Å². The van der Waals surface area contributed by atoms with Crippen molar-refractivity contribution in [1.82, 2.24) is 4.98 Å². The normalized spacial score (nSPS) is 11.8. The third-order valence-electron chi connectivity index (χ3n) is 5.28. The standard InChI is InChI=1S/C25H23FN2O3S2/c1-17(2)33(30,31)21-11-8-18(9-12-21)14-24(29)28(16-19-6-4-3-5-7-19)25-27-22-13-10-20(26)15-23(22)32-25/h3-13,15,17H,14,16H2,1-2H3. The van der Waals surface area contributed by atoms with E-state index < -0.39 is 15.1 Å². The Kier molecular flexibility index (Phi) is 6.58. The Morgan fingerprint density at radius 2 is 1.70 bits per heavy atom. The molecule has 0 radical (unpaired) electrons. The van der Waals surface area contributed by atoms with E-state index in [0.717, 1.165) is 5.56 Å². The van der Waals surface area contributed by atoms with Gasteiger partial charge in [-0.3, -0.25) is 9.69 Å². The van der Waals surface area contributed by atoms with Crippen LogP contribution in [0.1, 0.15) is 25.0 Å². The van der Waals surface area contributed by atoms with Gasteiger partial charge in [0.15, 0.2) is 15.0 Å². The van der Waals surface area contributed by atoms with Gasteiger partial charge in [-0.2, -0.15) is 0 Å². The molecular formula is C25H23FN2O3S2. The first-order valence-corrected chi connectivity index (χ1v) is 12.8. The van der Waals surface area contributed by atoms with Gasteiger partial charge in [0, 0.05) is 0 Å². The number of amides is 1. The first kappa shape index (κ1) is 23.1. The number of benzene rings is 3. The van der Waals surface area contributed by atoms with E-state index in [2.05, 4.69) is 4.98 Å². The fourth-order valence-electron chi connectivity index (χ4n) is 3.37. The molecule has 0 fully saturated rings. The molecule has 4 rings (SSSR count). The molecule has 1 amide bonds. The highest BCUT2D eigenvalue weighted by atomic mass is 32.2. The van der Waals surface area contributed by atoms with Crippen LogP contribution in [0.4, 0.5) is 9.52 Å². The number of rotatable bonds is 7. The lowest BCUT2D eigenvalue weighted by molar-refractivity contribution is -0.118. The number of sulfone groups is 1. The maximum Gasteiger partial charge on any atom is 0.233 e. The van der Waals surface area contributed by atoms with Gasteiger partial charge in [0.05, 0.1) is 33.3 Å². The minimum atomic E-state index is -3.37. The predicted molar refractivity (Wildman–Crippen MR) is 130 cm³/mol. The molecule has 0 atom stereocenters. The molecule has 170 valence electrons. The molecule has 1 heterocycles. The smallest absolute Gasteiger partial charge is 0.233 e. The van der Waals surface area contributed by atoms with Crippen molar-refractivity contribution in [2.45, 2.75) is 37.0 Å². The topological polar surface area (TPSA) is 67.3 Å². The fourth-order valence-corrected chi connectivity index (χ4v) is 5.44. The molecule has 1 aromatic heterocycles. The summed E-state index contributed by atoms with van der Waals surface area (Å²) in [7, 11) is -3.37. The average molecular weight is 483 g/mol. The first-order valence-electron chi connectivity index (χ1n) is 10.5.